The molecular formula is C24H22N2O2S. The number of nitrogens with zero attached hydrogens (tertiary/aromatic N) is 2. The molecule has 0 radical (unpaired) electrons. The van der Waals surface area contributed by atoms with Gasteiger partial charge < -0.3 is 4.90 Å². The van der Waals surface area contributed by atoms with E-state index >= 15 is 0 Å². The summed E-state index contributed by atoms with van der Waals surface area (Å²) >= 11 is 1.47. The Morgan fingerprint density at radius 1 is 0.897 bits per heavy atom. The number of carbonyl (C=O) groups excluding carboxylic acids is 2. The number of thiophene rings is 1. The van der Waals surface area contributed by atoms with Crippen LogP contribution in [0.2, 0.25) is 0 Å². The van der Waals surface area contributed by atoms with E-state index in [0.29, 0.717) is 23.5 Å². The van der Waals surface area contributed by atoms with Crippen molar-refractivity contribution in [1.29, 1.82) is 0 Å². The van der Waals surface area contributed by atoms with Crippen LogP contribution in [-0.2, 0) is 9.59 Å². The minimum atomic E-state index is -0.280. The van der Waals surface area contributed by atoms with Crippen molar-refractivity contribution in [3.8, 4) is 0 Å². The van der Waals surface area contributed by atoms with E-state index in [1.54, 1.807) is 0 Å². The van der Waals surface area contributed by atoms with Crippen molar-refractivity contribution in [1.82, 2.24) is 0 Å². The topological polar surface area (TPSA) is 40.6 Å². The number of benzene rings is 2. The number of para-hydroxylation sites is 1. The summed E-state index contributed by atoms with van der Waals surface area (Å²) in [7, 11) is 0. The lowest BCUT2D eigenvalue weighted by molar-refractivity contribution is -0.120. The van der Waals surface area contributed by atoms with Crippen LogP contribution >= 0.6 is 11.3 Å². The molecule has 0 saturated carbocycles. The average molecular weight is 403 g/mol. The van der Waals surface area contributed by atoms with Gasteiger partial charge in [-0.05, 0) is 61.5 Å². The molecule has 5 heteroatoms. The van der Waals surface area contributed by atoms with Crippen molar-refractivity contribution in [3.05, 3.63) is 87.7 Å². The van der Waals surface area contributed by atoms with Gasteiger partial charge in [0.15, 0.2) is 0 Å². The molecule has 1 aliphatic heterocycles. The molecule has 4 nitrogen and oxygen atoms in total. The molecule has 0 atom stereocenters. The smallest absolute Gasteiger partial charge is 0.282 e. The van der Waals surface area contributed by atoms with Gasteiger partial charge in [-0.25, -0.2) is 4.90 Å². The molecule has 2 heterocycles. The Morgan fingerprint density at radius 2 is 1.66 bits per heavy atom. The summed E-state index contributed by atoms with van der Waals surface area (Å²) in [6, 6.07) is 19.2. The third-order valence-electron chi connectivity index (χ3n) is 5.30. The third kappa shape index (κ3) is 3.17. The number of likely N-dealkylation sites (N-methyl/N-ethyl adjacent to an activating group) is 1. The second kappa shape index (κ2) is 7.68. The Kier molecular flexibility index (Phi) is 5.07. The summed E-state index contributed by atoms with van der Waals surface area (Å²) in [6.45, 7) is 6.50. The van der Waals surface area contributed by atoms with E-state index in [2.05, 4.69) is 0 Å². The molecule has 3 aromatic rings. The fraction of sp³-hybridized carbons (Fsp3) is 0.167. The third-order valence-corrected chi connectivity index (χ3v) is 6.19. The van der Waals surface area contributed by atoms with Crippen molar-refractivity contribution in [2.45, 2.75) is 20.8 Å². The first-order valence-electron chi connectivity index (χ1n) is 9.60. The van der Waals surface area contributed by atoms with Crippen LogP contribution in [-0.4, -0.2) is 18.4 Å². The highest BCUT2D eigenvalue weighted by Gasteiger charge is 2.43. The van der Waals surface area contributed by atoms with E-state index in [0.717, 1.165) is 21.7 Å². The fourth-order valence-electron chi connectivity index (χ4n) is 3.69. The minimum absolute atomic E-state index is 0.268. The van der Waals surface area contributed by atoms with E-state index in [1.807, 2.05) is 91.7 Å². The first-order chi connectivity index (χ1) is 14.0. The van der Waals surface area contributed by atoms with Crippen molar-refractivity contribution in [2.24, 2.45) is 0 Å². The summed E-state index contributed by atoms with van der Waals surface area (Å²) < 4.78 is 0. The monoisotopic (exact) mass is 402 g/mol. The minimum Gasteiger partial charge on any atom is -0.337 e. The second-order valence-corrected chi connectivity index (χ2v) is 7.89. The lowest BCUT2D eigenvalue weighted by Gasteiger charge is -2.25. The number of hydrogen-bond donors (Lipinski definition) is 0. The number of imide groups is 1. The molecule has 0 spiro atoms. The molecule has 2 aromatic carbocycles. The molecule has 4 rings (SSSR count). The number of rotatable bonds is 5. The van der Waals surface area contributed by atoms with Gasteiger partial charge in [-0.2, -0.15) is 0 Å². The van der Waals surface area contributed by atoms with Gasteiger partial charge in [0.1, 0.15) is 5.70 Å². The van der Waals surface area contributed by atoms with E-state index < -0.39 is 0 Å². The number of aryl methyl sites for hydroxylation is 1. The molecule has 1 aliphatic rings. The van der Waals surface area contributed by atoms with Crippen LogP contribution in [0.3, 0.4) is 0 Å². The van der Waals surface area contributed by atoms with Gasteiger partial charge >= 0.3 is 0 Å². The number of amides is 2. The molecule has 0 saturated heterocycles. The maximum absolute atomic E-state index is 13.7. The number of carbonyl (C=O) groups is 2. The maximum Gasteiger partial charge on any atom is 0.282 e. The Morgan fingerprint density at radius 3 is 2.31 bits per heavy atom. The molecule has 2 amide bonds. The highest BCUT2D eigenvalue weighted by Crippen LogP contribution is 2.39. The molecule has 29 heavy (non-hydrogen) atoms. The van der Waals surface area contributed by atoms with Crippen LogP contribution in [0.1, 0.15) is 22.9 Å². The van der Waals surface area contributed by atoms with Crippen LogP contribution in [0.25, 0.3) is 5.57 Å². The zero-order valence-electron chi connectivity index (χ0n) is 16.7. The van der Waals surface area contributed by atoms with E-state index in [1.165, 1.54) is 16.2 Å². The van der Waals surface area contributed by atoms with Crippen LogP contribution in [0, 0.1) is 13.8 Å². The van der Waals surface area contributed by atoms with Gasteiger partial charge in [-0.15, -0.1) is 11.3 Å². The maximum atomic E-state index is 13.7. The zero-order chi connectivity index (χ0) is 20.5. The summed E-state index contributed by atoms with van der Waals surface area (Å²) in [5, 5.41) is 1.93. The first-order valence-corrected chi connectivity index (χ1v) is 10.5. The summed E-state index contributed by atoms with van der Waals surface area (Å²) in [5.41, 5.74) is 4.42. The summed E-state index contributed by atoms with van der Waals surface area (Å²) in [6.07, 6.45) is 0. The van der Waals surface area contributed by atoms with Crippen molar-refractivity contribution in [2.75, 3.05) is 16.3 Å². The second-order valence-electron chi connectivity index (χ2n) is 6.95. The molecule has 0 unspecified atom stereocenters. The van der Waals surface area contributed by atoms with E-state index in [9.17, 15) is 9.59 Å². The predicted molar refractivity (Wildman–Crippen MR) is 119 cm³/mol. The standard InChI is InChI=1S/C24H22N2O2S/c1-4-25(18-11-6-5-7-12-18)22-21(20-14-9-15-29-20)23(27)26(24(22)28)19-13-8-10-16(2)17(19)3/h5-15H,4H2,1-3H3. The van der Waals surface area contributed by atoms with Crippen molar-refractivity contribution in [3.63, 3.8) is 0 Å². The normalized spacial score (nSPS) is 14.1. The lowest BCUT2D eigenvalue weighted by atomic mass is 10.1. The van der Waals surface area contributed by atoms with Crippen molar-refractivity contribution >= 4 is 40.1 Å². The molecule has 0 fully saturated rings. The quantitative estimate of drug-likeness (QED) is 0.553. The van der Waals surface area contributed by atoms with Gasteiger partial charge in [0.05, 0.1) is 11.3 Å². The van der Waals surface area contributed by atoms with Crippen molar-refractivity contribution < 1.29 is 9.59 Å². The Balaban J connectivity index is 1.91. The Bertz CT molecular complexity index is 1100. The molecule has 0 bridgehead atoms. The lowest BCUT2D eigenvalue weighted by Crippen LogP contribution is -2.35. The van der Waals surface area contributed by atoms with Gasteiger partial charge in [-0.1, -0.05) is 36.4 Å². The summed E-state index contributed by atoms with van der Waals surface area (Å²) in [5.74, 6) is -0.548. The fourth-order valence-corrected chi connectivity index (χ4v) is 4.45. The summed E-state index contributed by atoms with van der Waals surface area (Å²) in [4.78, 5) is 31.3. The predicted octanol–water partition coefficient (Wildman–Crippen LogP) is 5.18. The largest absolute Gasteiger partial charge is 0.337 e. The molecule has 1 aromatic heterocycles. The van der Waals surface area contributed by atoms with Gasteiger partial charge in [0.2, 0.25) is 0 Å². The van der Waals surface area contributed by atoms with Gasteiger partial charge in [0, 0.05) is 17.1 Å². The Labute approximate surface area is 174 Å². The van der Waals surface area contributed by atoms with Crippen LogP contribution in [0.5, 0.6) is 0 Å². The number of hydrogen-bond acceptors (Lipinski definition) is 4. The van der Waals surface area contributed by atoms with Crippen LogP contribution < -0.4 is 9.80 Å². The SMILES string of the molecule is CCN(C1=C(c2cccs2)C(=O)N(c2cccc(C)c2C)C1=O)c1ccccc1. The van der Waals surface area contributed by atoms with Crippen LogP contribution in [0.15, 0.2) is 71.7 Å². The van der Waals surface area contributed by atoms with E-state index in [4.69, 9.17) is 0 Å². The Hall–Kier alpha value is -3.18. The molecular weight excluding hydrogens is 380 g/mol. The van der Waals surface area contributed by atoms with Gasteiger partial charge in [0.25, 0.3) is 11.8 Å². The molecule has 0 aliphatic carbocycles. The van der Waals surface area contributed by atoms with Crippen LogP contribution in [0.4, 0.5) is 11.4 Å². The number of anilines is 2. The zero-order valence-corrected chi connectivity index (χ0v) is 17.5. The molecule has 0 N–H and O–H groups in total. The highest BCUT2D eigenvalue weighted by molar-refractivity contribution is 7.11. The molecule has 146 valence electrons. The highest BCUT2D eigenvalue weighted by atomic mass is 32.1. The van der Waals surface area contributed by atoms with E-state index in [-0.39, 0.29) is 11.8 Å². The van der Waals surface area contributed by atoms with Gasteiger partial charge in [-0.3, -0.25) is 9.59 Å². The first kappa shape index (κ1) is 19.2. The average Bonchev–Trinajstić information content (AvgIpc) is 3.33.